The van der Waals surface area contributed by atoms with Crippen LogP contribution >= 0.6 is 11.3 Å². The summed E-state index contributed by atoms with van der Waals surface area (Å²) in [5.41, 5.74) is 1.90. The average molecular weight is 287 g/mol. The molecule has 0 N–H and O–H groups in total. The van der Waals surface area contributed by atoms with Gasteiger partial charge in [0.25, 0.3) is 5.91 Å². The molecule has 0 radical (unpaired) electrons. The van der Waals surface area contributed by atoms with E-state index in [9.17, 15) is 4.79 Å². The molecule has 1 saturated heterocycles. The Hall–Kier alpha value is -1.72. The van der Waals surface area contributed by atoms with Crippen molar-refractivity contribution < 1.29 is 4.79 Å². The molecule has 4 nitrogen and oxygen atoms in total. The van der Waals surface area contributed by atoms with Crippen molar-refractivity contribution in [3.63, 3.8) is 0 Å². The van der Waals surface area contributed by atoms with Crippen LogP contribution in [-0.4, -0.2) is 46.9 Å². The molecule has 20 heavy (non-hydrogen) atoms. The number of piperazine rings is 1. The third-order valence-corrected chi connectivity index (χ3v) is 4.22. The maximum Gasteiger partial charge on any atom is 0.254 e. The fraction of sp³-hybridized carbons (Fsp3) is 0.333. The molecule has 104 valence electrons. The number of rotatable bonds is 3. The van der Waals surface area contributed by atoms with Crippen LogP contribution in [-0.2, 0) is 6.54 Å². The van der Waals surface area contributed by atoms with Gasteiger partial charge in [0.15, 0.2) is 0 Å². The maximum absolute atomic E-state index is 12.2. The van der Waals surface area contributed by atoms with Gasteiger partial charge in [0.05, 0.1) is 11.3 Å². The molecule has 1 fully saturated rings. The molecule has 0 unspecified atom stereocenters. The third kappa shape index (κ3) is 3.05. The zero-order valence-electron chi connectivity index (χ0n) is 11.2. The van der Waals surface area contributed by atoms with Crippen molar-refractivity contribution in [3.8, 4) is 0 Å². The Morgan fingerprint density at radius 3 is 2.70 bits per heavy atom. The van der Waals surface area contributed by atoms with Crippen molar-refractivity contribution in [2.75, 3.05) is 26.2 Å². The number of nitrogens with zero attached hydrogens (tertiary/aromatic N) is 3. The van der Waals surface area contributed by atoms with Crippen molar-refractivity contribution >= 4 is 17.2 Å². The average Bonchev–Trinajstić information content (AvgIpc) is 3.03. The largest absolute Gasteiger partial charge is 0.336 e. The highest BCUT2D eigenvalue weighted by Crippen LogP contribution is 2.13. The third-order valence-electron chi connectivity index (χ3n) is 3.54. The monoisotopic (exact) mass is 287 g/mol. The standard InChI is InChI=1S/C15H17N3OS/c19-15(13-4-10-20-12-13)18-8-6-17(7-9-18)11-14-3-1-2-5-16-14/h1-5,10,12H,6-9,11H2. The van der Waals surface area contributed by atoms with Crippen LogP contribution < -0.4 is 0 Å². The van der Waals surface area contributed by atoms with Crippen LogP contribution in [0.5, 0.6) is 0 Å². The van der Waals surface area contributed by atoms with Gasteiger partial charge in [-0.1, -0.05) is 6.07 Å². The summed E-state index contributed by atoms with van der Waals surface area (Å²) in [4.78, 5) is 20.9. The normalized spacial score (nSPS) is 16.3. The highest BCUT2D eigenvalue weighted by molar-refractivity contribution is 7.08. The first kappa shape index (κ1) is 13.3. The Kier molecular flexibility index (Phi) is 4.08. The molecule has 0 spiro atoms. The number of carbonyl (C=O) groups excluding carboxylic acids is 1. The first-order chi connectivity index (χ1) is 9.83. The van der Waals surface area contributed by atoms with Gasteiger partial charge in [0.1, 0.15) is 0 Å². The quantitative estimate of drug-likeness (QED) is 0.867. The lowest BCUT2D eigenvalue weighted by Gasteiger charge is -2.34. The van der Waals surface area contributed by atoms with Crippen LogP contribution in [0, 0.1) is 0 Å². The van der Waals surface area contributed by atoms with Gasteiger partial charge in [-0.05, 0) is 23.6 Å². The molecule has 5 heteroatoms. The van der Waals surface area contributed by atoms with Crippen molar-refractivity contribution in [2.45, 2.75) is 6.54 Å². The number of carbonyl (C=O) groups is 1. The minimum atomic E-state index is 0.156. The number of thiophene rings is 1. The lowest BCUT2D eigenvalue weighted by molar-refractivity contribution is 0.0627. The number of aromatic nitrogens is 1. The summed E-state index contributed by atoms with van der Waals surface area (Å²) >= 11 is 1.57. The summed E-state index contributed by atoms with van der Waals surface area (Å²) < 4.78 is 0. The van der Waals surface area contributed by atoms with Gasteiger partial charge < -0.3 is 4.90 Å². The van der Waals surface area contributed by atoms with Crippen molar-refractivity contribution in [3.05, 3.63) is 52.5 Å². The molecule has 0 saturated carbocycles. The SMILES string of the molecule is O=C(c1ccsc1)N1CCN(Cc2ccccn2)CC1. The Morgan fingerprint density at radius 2 is 2.05 bits per heavy atom. The molecule has 0 aromatic carbocycles. The zero-order valence-corrected chi connectivity index (χ0v) is 12.1. The first-order valence-corrected chi connectivity index (χ1v) is 7.71. The van der Waals surface area contributed by atoms with Gasteiger partial charge in [-0.15, -0.1) is 0 Å². The second-order valence-electron chi connectivity index (χ2n) is 4.90. The van der Waals surface area contributed by atoms with E-state index in [1.165, 1.54) is 0 Å². The predicted molar refractivity (Wildman–Crippen MR) is 79.7 cm³/mol. The fourth-order valence-corrected chi connectivity index (χ4v) is 3.03. The van der Waals surface area contributed by atoms with Crippen molar-refractivity contribution in [1.82, 2.24) is 14.8 Å². The van der Waals surface area contributed by atoms with E-state index in [1.807, 2.05) is 46.1 Å². The molecule has 0 atom stereocenters. The molecule has 3 rings (SSSR count). The van der Waals surface area contributed by atoms with Crippen LogP contribution in [0.25, 0.3) is 0 Å². The van der Waals surface area contributed by atoms with E-state index in [0.717, 1.165) is 44.0 Å². The van der Waals surface area contributed by atoms with E-state index in [4.69, 9.17) is 0 Å². The van der Waals surface area contributed by atoms with E-state index in [-0.39, 0.29) is 5.91 Å². The van der Waals surface area contributed by atoms with Crippen LogP contribution in [0.4, 0.5) is 0 Å². The van der Waals surface area contributed by atoms with E-state index in [2.05, 4.69) is 9.88 Å². The van der Waals surface area contributed by atoms with Gasteiger partial charge in [-0.25, -0.2) is 0 Å². The molecule has 1 aliphatic rings. The molecular formula is C15H17N3OS. The van der Waals surface area contributed by atoms with Gasteiger partial charge in [0, 0.05) is 44.3 Å². The minimum absolute atomic E-state index is 0.156. The summed E-state index contributed by atoms with van der Waals surface area (Å²) in [6, 6.07) is 7.88. The number of hydrogen-bond acceptors (Lipinski definition) is 4. The lowest BCUT2D eigenvalue weighted by Crippen LogP contribution is -2.48. The number of hydrogen-bond donors (Lipinski definition) is 0. The van der Waals surface area contributed by atoms with Crippen LogP contribution in [0.3, 0.4) is 0 Å². The molecule has 1 amide bonds. The Bertz CT molecular complexity index is 548. The van der Waals surface area contributed by atoms with Crippen LogP contribution in [0.1, 0.15) is 16.1 Å². The summed E-state index contributed by atoms with van der Waals surface area (Å²) in [7, 11) is 0. The zero-order chi connectivity index (χ0) is 13.8. The van der Waals surface area contributed by atoms with E-state index in [0.29, 0.717) is 0 Å². The van der Waals surface area contributed by atoms with Gasteiger partial charge in [0.2, 0.25) is 0 Å². The van der Waals surface area contributed by atoms with Gasteiger partial charge >= 0.3 is 0 Å². The van der Waals surface area contributed by atoms with Crippen LogP contribution in [0.15, 0.2) is 41.2 Å². The molecular weight excluding hydrogens is 270 g/mol. The number of pyridine rings is 1. The van der Waals surface area contributed by atoms with Crippen molar-refractivity contribution in [2.24, 2.45) is 0 Å². The lowest BCUT2D eigenvalue weighted by atomic mass is 10.2. The molecule has 1 aliphatic heterocycles. The second kappa shape index (κ2) is 6.15. The first-order valence-electron chi connectivity index (χ1n) is 6.76. The highest BCUT2D eigenvalue weighted by Gasteiger charge is 2.22. The van der Waals surface area contributed by atoms with E-state index >= 15 is 0 Å². The highest BCUT2D eigenvalue weighted by atomic mass is 32.1. The second-order valence-corrected chi connectivity index (χ2v) is 5.68. The van der Waals surface area contributed by atoms with E-state index < -0.39 is 0 Å². The summed E-state index contributed by atoms with van der Waals surface area (Å²) in [5, 5.41) is 3.87. The number of amides is 1. The topological polar surface area (TPSA) is 36.4 Å². The summed E-state index contributed by atoms with van der Waals surface area (Å²) in [6.45, 7) is 4.27. The maximum atomic E-state index is 12.2. The molecule has 0 bridgehead atoms. The van der Waals surface area contributed by atoms with Gasteiger partial charge in [-0.3, -0.25) is 14.7 Å². The fourth-order valence-electron chi connectivity index (χ4n) is 2.40. The summed E-state index contributed by atoms with van der Waals surface area (Å²) in [5.74, 6) is 0.156. The molecule has 2 aromatic rings. The minimum Gasteiger partial charge on any atom is -0.336 e. The summed E-state index contributed by atoms with van der Waals surface area (Å²) in [6.07, 6.45) is 1.83. The Labute approximate surface area is 122 Å². The molecule has 2 aromatic heterocycles. The van der Waals surface area contributed by atoms with E-state index in [1.54, 1.807) is 11.3 Å². The smallest absolute Gasteiger partial charge is 0.254 e. The molecule has 0 aliphatic carbocycles. The van der Waals surface area contributed by atoms with Crippen molar-refractivity contribution in [1.29, 1.82) is 0 Å². The predicted octanol–water partition coefficient (Wildman–Crippen LogP) is 2.10. The molecule has 3 heterocycles. The van der Waals surface area contributed by atoms with Gasteiger partial charge in [-0.2, -0.15) is 11.3 Å². The Balaban J connectivity index is 1.53. The van der Waals surface area contributed by atoms with Crippen LogP contribution in [0.2, 0.25) is 0 Å². The Morgan fingerprint density at radius 1 is 1.20 bits per heavy atom.